The van der Waals surface area contributed by atoms with Crippen LogP contribution in [-0.2, 0) is 16.0 Å². The number of fused-ring (bicyclic) bond motifs is 1. The summed E-state index contributed by atoms with van der Waals surface area (Å²) in [5, 5.41) is 13.3. The Balaban J connectivity index is 2.36. The van der Waals surface area contributed by atoms with Crippen molar-refractivity contribution in [1.29, 1.82) is 0 Å². The topological polar surface area (TPSA) is 107 Å². The van der Waals surface area contributed by atoms with Crippen molar-refractivity contribution in [2.24, 2.45) is 5.41 Å². The summed E-state index contributed by atoms with van der Waals surface area (Å²) >= 11 is 5.60. The number of nitrogens with zero attached hydrogens (tertiary/aromatic N) is 1. The molecule has 10 heteroatoms. The van der Waals surface area contributed by atoms with Crippen LogP contribution in [0.25, 0.3) is 0 Å². The zero-order valence-corrected chi connectivity index (χ0v) is 19.6. The number of halogens is 2. The Hall–Kier alpha value is -2.75. The zero-order valence-electron chi connectivity index (χ0n) is 18.8. The molecule has 1 amide bonds. The van der Waals surface area contributed by atoms with Crippen molar-refractivity contribution in [3.05, 3.63) is 63.1 Å². The number of methoxy groups -OCH3 is 2. The highest BCUT2D eigenvalue weighted by Gasteiger charge is 2.48. The van der Waals surface area contributed by atoms with Gasteiger partial charge in [-0.3, -0.25) is 14.4 Å². The van der Waals surface area contributed by atoms with E-state index in [1.165, 1.54) is 43.2 Å². The summed E-state index contributed by atoms with van der Waals surface area (Å²) < 4.78 is 25.2. The number of hydrogen-bond acceptors (Lipinski definition) is 6. The average Bonchev–Trinajstić information content (AvgIpc) is 2.78. The van der Waals surface area contributed by atoms with E-state index < -0.39 is 41.1 Å². The van der Waals surface area contributed by atoms with Crippen molar-refractivity contribution in [2.75, 3.05) is 34.0 Å². The predicted molar refractivity (Wildman–Crippen MR) is 123 cm³/mol. The molecule has 33 heavy (non-hydrogen) atoms. The summed E-state index contributed by atoms with van der Waals surface area (Å²) in [6.45, 7) is 4.57. The summed E-state index contributed by atoms with van der Waals surface area (Å²) in [4.78, 5) is 38.6. The van der Waals surface area contributed by atoms with Gasteiger partial charge in [0.25, 0.3) is 5.91 Å². The highest BCUT2D eigenvalue weighted by molar-refractivity contribution is 6.30. The molecule has 0 unspecified atom stereocenters. The number of carbonyl (C=O) groups is 2. The SMILES string of the molecule is C=C(Cl)/C=C\C=C(/CF)CNC(=O)c1cn2c(c(O)c1=O)C(=O)[C@](C)(CCOC)[C@@H](OC)C2. The molecule has 0 saturated heterocycles. The lowest BCUT2D eigenvalue weighted by Gasteiger charge is -2.40. The van der Waals surface area contributed by atoms with E-state index in [0.717, 1.165) is 0 Å². The van der Waals surface area contributed by atoms with Crippen molar-refractivity contribution in [1.82, 2.24) is 9.88 Å². The van der Waals surface area contributed by atoms with Crippen molar-refractivity contribution in [2.45, 2.75) is 26.0 Å². The number of nitrogens with one attached hydrogen (secondary N) is 1. The van der Waals surface area contributed by atoms with E-state index in [9.17, 15) is 23.9 Å². The molecule has 0 fully saturated rings. The number of Topliss-reactive ketones (excluding diaryl/α,β-unsaturated/α-hetero) is 1. The van der Waals surface area contributed by atoms with Gasteiger partial charge in [-0.1, -0.05) is 30.3 Å². The third-order valence-electron chi connectivity index (χ3n) is 5.67. The van der Waals surface area contributed by atoms with Gasteiger partial charge in [-0.05, 0) is 25.0 Å². The normalized spacial score (nSPS) is 20.7. The fraction of sp³-hybridized carbons (Fsp3) is 0.435. The first kappa shape index (κ1) is 26.5. The minimum absolute atomic E-state index is 0.134. The quantitative estimate of drug-likeness (QED) is 0.497. The van der Waals surface area contributed by atoms with Crippen LogP contribution in [-0.4, -0.2) is 61.5 Å². The van der Waals surface area contributed by atoms with E-state index in [2.05, 4.69) is 11.9 Å². The largest absolute Gasteiger partial charge is 0.503 e. The maximum Gasteiger partial charge on any atom is 0.257 e. The molecule has 180 valence electrons. The molecule has 1 aliphatic rings. The van der Waals surface area contributed by atoms with E-state index in [-0.39, 0.29) is 41.6 Å². The Morgan fingerprint density at radius 1 is 1.45 bits per heavy atom. The lowest BCUT2D eigenvalue weighted by molar-refractivity contribution is -0.0262. The molecule has 0 spiro atoms. The van der Waals surface area contributed by atoms with Gasteiger partial charge in [0, 0.05) is 38.6 Å². The summed E-state index contributed by atoms with van der Waals surface area (Å²) in [6, 6.07) is 0. The number of carbonyl (C=O) groups excluding carboxylic acids is 2. The smallest absolute Gasteiger partial charge is 0.257 e. The van der Waals surface area contributed by atoms with Crippen LogP contribution in [0.5, 0.6) is 5.75 Å². The van der Waals surface area contributed by atoms with Crippen LogP contribution < -0.4 is 10.7 Å². The van der Waals surface area contributed by atoms with Gasteiger partial charge in [0.2, 0.25) is 5.43 Å². The Bertz CT molecular complexity index is 1050. The van der Waals surface area contributed by atoms with E-state index >= 15 is 0 Å². The first-order valence-corrected chi connectivity index (χ1v) is 10.6. The fourth-order valence-electron chi connectivity index (χ4n) is 3.64. The minimum atomic E-state index is -1.03. The van der Waals surface area contributed by atoms with Gasteiger partial charge in [0.1, 0.15) is 17.9 Å². The lowest BCUT2D eigenvalue weighted by Crippen LogP contribution is -2.50. The fourth-order valence-corrected chi connectivity index (χ4v) is 3.72. The molecule has 0 aromatic carbocycles. The van der Waals surface area contributed by atoms with E-state index in [0.29, 0.717) is 6.42 Å². The number of ether oxygens (including phenoxy) is 2. The zero-order chi connectivity index (χ0) is 24.8. The molecule has 2 atom stereocenters. The standard InChI is InChI=1S/C23H28ClFN2O6/c1-14(24)6-5-7-15(10-25)11-26-22(31)16-12-27-13-17(33-4)23(2,8-9-32-3)21(30)18(27)20(29)19(16)28/h5-7,12,17,29H,1,8-11,13H2,2-4H3,(H,26,31)/b6-5-,15-7+/t17-,23+/m0/s1. The second-order valence-electron chi connectivity index (χ2n) is 7.88. The summed E-state index contributed by atoms with van der Waals surface area (Å²) in [6.07, 6.45) is 5.32. The maximum absolute atomic E-state index is 13.2. The number of ketones is 1. The maximum atomic E-state index is 13.2. The number of rotatable bonds is 10. The van der Waals surface area contributed by atoms with Gasteiger partial charge in [0.05, 0.1) is 18.1 Å². The van der Waals surface area contributed by atoms with Crippen molar-refractivity contribution in [3.8, 4) is 5.75 Å². The van der Waals surface area contributed by atoms with E-state index in [4.69, 9.17) is 21.1 Å². The monoisotopic (exact) mass is 482 g/mol. The molecule has 2 N–H and O–H groups in total. The van der Waals surface area contributed by atoms with Crippen LogP contribution >= 0.6 is 11.6 Å². The molecule has 2 rings (SSSR count). The summed E-state index contributed by atoms with van der Waals surface area (Å²) in [5.41, 5.74) is -2.34. The molecule has 0 bridgehead atoms. The van der Waals surface area contributed by atoms with Crippen LogP contribution in [0.4, 0.5) is 4.39 Å². The third-order valence-corrected chi connectivity index (χ3v) is 5.80. The van der Waals surface area contributed by atoms with Crippen molar-refractivity contribution < 1.29 is 28.6 Å². The van der Waals surface area contributed by atoms with Gasteiger partial charge in [-0.25, -0.2) is 4.39 Å². The molecule has 0 radical (unpaired) electrons. The minimum Gasteiger partial charge on any atom is -0.503 e. The summed E-state index contributed by atoms with van der Waals surface area (Å²) in [7, 11) is 2.97. The second-order valence-corrected chi connectivity index (χ2v) is 8.37. The van der Waals surface area contributed by atoms with Crippen molar-refractivity contribution >= 4 is 23.3 Å². The molecular weight excluding hydrogens is 455 g/mol. The highest BCUT2D eigenvalue weighted by atomic mass is 35.5. The number of hydrogen-bond donors (Lipinski definition) is 2. The number of alkyl halides is 1. The van der Waals surface area contributed by atoms with Gasteiger partial charge < -0.3 is 24.5 Å². The predicted octanol–water partition coefficient (Wildman–Crippen LogP) is 2.74. The van der Waals surface area contributed by atoms with Gasteiger partial charge in [-0.15, -0.1) is 0 Å². The Labute approximate surface area is 196 Å². The number of amides is 1. The number of aromatic nitrogens is 1. The molecule has 1 aliphatic heterocycles. The Morgan fingerprint density at radius 3 is 2.73 bits per heavy atom. The molecule has 1 aromatic rings. The van der Waals surface area contributed by atoms with Crippen LogP contribution in [0, 0.1) is 5.41 Å². The third kappa shape index (κ3) is 5.79. The van der Waals surface area contributed by atoms with Crippen molar-refractivity contribution in [3.63, 3.8) is 0 Å². The number of allylic oxidation sites excluding steroid dienone is 4. The van der Waals surface area contributed by atoms with Gasteiger partial charge in [0.15, 0.2) is 11.5 Å². The molecule has 8 nitrogen and oxygen atoms in total. The first-order valence-electron chi connectivity index (χ1n) is 10.2. The molecular formula is C23H28ClFN2O6. The van der Waals surface area contributed by atoms with Gasteiger partial charge in [-0.2, -0.15) is 0 Å². The van der Waals surface area contributed by atoms with Gasteiger partial charge >= 0.3 is 0 Å². The average molecular weight is 483 g/mol. The lowest BCUT2D eigenvalue weighted by atomic mass is 9.73. The van der Waals surface area contributed by atoms with Crippen LogP contribution in [0.1, 0.15) is 34.2 Å². The first-order chi connectivity index (χ1) is 15.6. The Kier molecular flexibility index (Phi) is 9.16. The van der Waals surface area contributed by atoms with E-state index in [1.54, 1.807) is 6.92 Å². The number of pyridine rings is 1. The highest BCUT2D eigenvalue weighted by Crippen LogP contribution is 2.39. The molecule has 2 heterocycles. The second kappa shape index (κ2) is 11.4. The molecule has 0 aliphatic carbocycles. The Morgan fingerprint density at radius 2 is 2.15 bits per heavy atom. The summed E-state index contributed by atoms with van der Waals surface area (Å²) in [5.74, 6) is -2.10. The van der Waals surface area contributed by atoms with E-state index in [1.807, 2.05) is 0 Å². The van der Waals surface area contributed by atoms with Crippen LogP contribution in [0.2, 0.25) is 0 Å². The molecule has 0 saturated carbocycles. The van der Waals surface area contributed by atoms with Crippen LogP contribution in [0.3, 0.4) is 0 Å². The molecule has 1 aromatic heterocycles. The number of aromatic hydroxyl groups is 1. The van der Waals surface area contributed by atoms with Crippen LogP contribution in [0.15, 0.2) is 46.4 Å².